The van der Waals surface area contributed by atoms with Crippen molar-refractivity contribution >= 4 is 15.9 Å². The van der Waals surface area contributed by atoms with Gasteiger partial charge < -0.3 is 5.11 Å². The van der Waals surface area contributed by atoms with Crippen molar-refractivity contribution in [2.45, 2.75) is 51.6 Å². The Labute approximate surface area is 121 Å². The van der Waals surface area contributed by atoms with Gasteiger partial charge >= 0.3 is 0 Å². The van der Waals surface area contributed by atoms with Crippen molar-refractivity contribution in [1.82, 2.24) is 0 Å². The topological polar surface area (TPSA) is 20.2 Å². The van der Waals surface area contributed by atoms with Gasteiger partial charge in [-0.1, -0.05) is 20.3 Å². The summed E-state index contributed by atoms with van der Waals surface area (Å²) < 4.78 is 28.0. The Morgan fingerprint density at radius 2 is 1.95 bits per heavy atom. The summed E-state index contributed by atoms with van der Waals surface area (Å²) in [6, 6.07) is 2.59. The number of hydrogen-bond donors (Lipinski definition) is 1. The number of hydrogen-bond acceptors (Lipinski definition) is 1. The average molecular weight is 333 g/mol. The quantitative estimate of drug-likeness (QED) is 0.784. The minimum Gasteiger partial charge on any atom is -0.390 e. The van der Waals surface area contributed by atoms with E-state index in [1.165, 1.54) is 12.1 Å². The molecule has 0 heterocycles. The van der Waals surface area contributed by atoms with Gasteiger partial charge in [-0.2, -0.15) is 0 Å². The minimum absolute atomic E-state index is 0.0189. The van der Waals surface area contributed by atoms with Crippen LogP contribution >= 0.6 is 15.9 Å². The molecule has 0 radical (unpaired) electrons. The predicted octanol–water partition coefficient (Wildman–Crippen LogP) is 4.60. The third kappa shape index (κ3) is 3.34. The fourth-order valence-electron chi connectivity index (χ4n) is 3.17. The van der Waals surface area contributed by atoms with Gasteiger partial charge in [-0.25, -0.2) is 8.78 Å². The summed E-state index contributed by atoms with van der Waals surface area (Å²) in [4.78, 5) is 0. The summed E-state index contributed by atoms with van der Waals surface area (Å²) >= 11 is 3.06. The van der Waals surface area contributed by atoms with Gasteiger partial charge in [-0.3, -0.25) is 0 Å². The molecule has 1 aliphatic rings. The third-order valence-corrected chi connectivity index (χ3v) is 4.56. The number of benzene rings is 1. The molecule has 1 nitrogen and oxygen atoms in total. The molecule has 1 saturated carbocycles. The molecule has 0 saturated heterocycles. The zero-order valence-corrected chi connectivity index (χ0v) is 12.9. The van der Waals surface area contributed by atoms with E-state index in [0.717, 1.165) is 12.8 Å². The van der Waals surface area contributed by atoms with Crippen molar-refractivity contribution in [2.24, 2.45) is 5.41 Å². The summed E-state index contributed by atoms with van der Waals surface area (Å²) in [5.74, 6) is -1.19. The number of aliphatic hydroxyl groups is 1. The van der Waals surface area contributed by atoms with Crippen molar-refractivity contribution in [3.8, 4) is 0 Å². The smallest absolute Gasteiger partial charge is 0.143 e. The maximum atomic E-state index is 14.0. The molecule has 4 heteroatoms. The average Bonchev–Trinajstić information content (AvgIpc) is 2.28. The van der Waals surface area contributed by atoms with Crippen LogP contribution in [0.4, 0.5) is 8.78 Å². The first-order valence-electron chi connectivity index (χ1n) is 6.57. The summed E-state index contributed by atoms with van der Waals surface area (Å²) in [7, 11) is 0. The highest BCUT2D eigenvalue weighted by Gasteiger charge is 2.39. The van der Waals surface area contributed by atoms with Crippen LogP contribution in [0.2, 0.25) is 0 Å². The molecule has 0 bridgehead atoms. The van der Waals surface area contributed by atoms with Gasteiger partial charge in [0, 0.05) is 12.0 Å². The van der Waals surface area contributed by atoms with E-state index in [9.17, 15) is 13.9 Å². The Bertz CT molecular complexity index is 487. The lowest BCUT2D eigenvalue weighted by molar-refractivity contribution is -0.0393. The zero-order valence-electron chi connectivity index (χ0n) is 11.3. The summed E-state index contributed by atoms with van der Waals surface area (Å²) in [5, 5.41) is 10.7. The van der Waals surface area contributed by atoms with Gasteiger partial charge in [-0.05, 0) is 52.7 Å². The Hall–Kier alpha value is -0.480. The summed E-state index contributed by atoms with van der Waals surface area (Å²) in [5.41, 5.74) is -1.01. The highest BCUT2D eigenvalue weighted by Crippen LogP contribution is 2.43. The van der Waals surface area contributed by atoms with Crippen LogP contribution in [0.25, 0.3) is 0 Å². The van der Waals surface area contributed by atoms with E-state index in [2.05, 4.69) is 29.8 Å². The second-order valence-electron chi connectivity index (χ2n) is 6.42. The Balaban J connectivity index is 2.28. The lowest BCUT2D eigenvalue weighted by Crippen LogP contribution is -2.41. The standard InChI is InChI=1S/C15H19BrF2O/c1-14(2)6-3-7-15(19,9-14)8-10-12(17)5-4-11(16)13(10)18/h4-5,19H,3,6-9H2,1-2H3. The Morgan fingerprint density at radius 3 is 2.58 bits per heavy atom. The molecule has 1 unspecified atom stereocenters. The van der Waals surface area contributed by atoms with E-state index in [4.69, 9.17) is 0 Å². The largest absolute Gasteiger partial charge is 0.390 e. The highest BCUT2D eigenvalue weighted by atomic mass is 79.9. The van der Waals surface area contributed by atoms with Crippen LogP contribution in [0.5, 0.6) is 0 Å². The zero-order chi connectivity index (χ0) is 14.3. The molecular weight excluding hydrogens is 314 g/mol. The monoisotopic (exact) mass is 332 g/mol. The van der Waals surface area contributed by atoms with Crippen LogP contribution in [0.1, 0.15) is 45.1 Å². The Kier molecular flexibility index (Phi) is 4.03. The van der Waals surface area contributed by atoms with Crippen LogP contribution < -0.4 is 0 Å². The van der Waals surface area contributed by atoms with Crippen molar-refractivity contribution < 1.29 is 13.9 Å². The second-order valence-corrected chi connectivity index (χ2v) is 7.27. The van der Waals surface area contributed by atoms with Crippen LogP contribution in [0, 0.1) is 17.0 Å². The molecular formula is C15H19BrF2O. The predicted molar refractivity (Wildman–Crippen MR) is 75.0 cm³/mol. The van der Waals surface area contributed by atoms with E-state index in [1.807, 2.05) is 0 Å². The molecule has 1 aromatic carbocycles. The van der Waals surface area contributed by atoms with Crippen molar-refractivity contribution in [2.75, 3.05) is 0 Å². The molecule has 19 heavy (non-hydrogen) atoms. The first-order chi connectivity index (χ1) is 8.72. The third-order valence-electron chi connectivity index (χ3n) is 3.95. The molecule has 1 N–H and O–H groups in total. The Morgan fingerprint density at radius 1 is 1.26 bits per heavy atom. The molecule has 1 aliphatic carbocycles. The van der Waals surface area contributed by atoms with Gasteiger partial charge in [-0.15, -0.1) is 0 Å². The fraction of sp³-hybridized carbons (Fsp3) is 0.600. The molecule has 1 fully saturated rings. The van der Waals surface area contributed by atoms with Crippen LogP contribution in [-0.2, 0) is 6.42 Å². The lowest BCUT2D eigenvalue weighted by atomic mass is 9.68. The van der Waals surface area contributed by atoms with E-state index in [0.29, 0.717) is 12.8 Å². The van der Waals surface area contributed by atoms with Crippen molar-refractivity contribution in [3.63, 3.8) is 0 Å². The summed E-state index contributed by atoms with van der Waals surface area (Å²) in [6.07, 6.45) is 3.14. The number of rotatable bonds is 2. The molecule has 0 aliphatic heterocycles. The first-order valence-corrected chi connectivity index (χ1v) is 7.37. The van der Waals surface area contributed by atoms with Crippen LogP contribution in [0.15, 0.2) is 16.6 Å². The maximum Gasteiger partial charge on any atom is 0.143 e. The normalized spacial score (nSPS) is 26.4. The van der Waals surface area contributed by atoms with Gasteiger partial charge in [0.15, 0.2) is 0 Å². The first kappa shape index (κ1) is 14.9. The molecule has 2 rings (SSSR count). The fourth-order valence-corrected chi connectivity index (χ4v) is 3.55. The van der Waals surface area contributed by atoms with E-state index >= 15 is 0 Å². The van der Waals surface area contributed by atoms with Gasteiger partial charge in [0.25, 0.3) is 0 Å². The van der Waals surface area contributed by atoms with E-state index < -0.39 is 17.2 Å². The van der Waals surface area contributed by atoms with E-state index in [1.54, 1.807) is 0 Å². The molecule has 1 aromatic rings. The van der Waals surface area contributed by atoms with Gasteiger partial charge in [0.2, 0.25) is 0 Å². The van der Waals surface area contributed by atoms with Crippen LogP contribution in [-0.4, -0.2) is 10.7 Å². The summed E-state index contributed by atoms with van der Waals surface area (Å²) in [6.45, 7) is 4.18. The van der Waals surface area contributed by atoms with E-state index in [-0.39, 0.29) is 21.9 Å². The maximum absolute atomic E-state index is 14.0. The molecule has 1 atom stereocenters. The lowest BCUT2D eigenvalue weighted by Gasteiger charge is -2.41. The number of halogens is 3. The molecule has 0 amide bonds. The molecule has 0 spiro atoms. The van der Waals surface area contributed by atoms with Crippen molar-refractivity contribution in [3.05, 3.63) is 33.8 Å². The minimum atomic E-state index is -1.01. The molecule has 0 aromatic heterocycles. The molecule has 106 valence electrons. The second kappa shape index (κ2) is 5.13. The van der Waals surface area contributed by atoms with Gasteiger partial charge in [0.1, 0.15) is 11.6 Å². The van der Waals surface area contributed by atoms with Crippen molar-refractivity contribution in [1.29, 1.82) is 0 Å². The highest BCUT2D eigenvalue weighted by molar-refractivity contribution is 9.10. The van der Waals surface area contributed by atoms with Crippen LogP contribution in [0.3, 0.4) is 0 Å². The SMILES string of the molecule is CC1(C)CCCC(O)(Cc2c(F)ccc(Br)c2F)C1. The van der Waals surface area contributed by atoms with Gasteiger partial charge in [0.05, 0.1) is 10.1 Å².